The third-order valence-corrected chi connectivity index (χ3v) is 5.58. The fraction of sp³-hybridized carbons (Fsp3) is 0.200. The number of H-pyrrole nitrogens is 1. The number of phenolic OH excluding ortho intramolecular Hbond substituents is 1. The van der Waals surface area contributed by atoms with E-state index in [4.69, 9.17) is 23.2 Å². The topological polar surface area (TPSA) is 89.5 Å². The number of halogens is 2. The summed E-state index contributed by atoms with van der Waals surface area (Å²) in [7, 11) is 0. The van der Waals surface area contributed by atoms with Crippen molar-refractivity contribution in [3.63, 3.8) is 0 Å². The zero-order valence-corrected chi connectivity index (χ0v) is 16.2. The number of rotatable bonds is 5. The van der Waals surface area contributed by atoms with Crippen LogP contribution < -0.4 is 0 Å². The normalized spacial score (nSPS) is 15.9. The minimum absolute atomic E-state index is 0.0314. The van der Waals surface area contributed by atoms with Gasteiger partial charge in [-0.05, 0) is 36.2 Å². The second-order valence-corrected chi connectivity index (χ2v) is 7.34. The summed E-state index contributed by atoms with van der Waals surface area (Å²) in [4.78, 5) is 14.7. The molecule has 0 fully saturated rings. The van der Waals surface area contributed by atoms with Crippen molar-refractivity contribution in [1.82, 2.24) is 15.1 Å². The molecule has 144 valence electrons. The molecule has 1 atom stereocenters. The van der Waals surface area contributed by atoms with Gasteiger partial charge in [-0.15, -0.1) is 0 Å². The number of aliphatic hydroxyl groups is 1. The number of hydrogen-bond donors (Lipinski definition) is 3. The van der Waals surface area contributed by atoms with Gasteiger partial charge < -0.3 is 15.1 Å². The number of aliphatic hydroxyl groups excluding tert-OH is 1. The summed E-state index contributed by atoms with van der Waals surface area (Å²) in [6.45, 7) is 0.333. The molecule has 8 heteroatoms. The van der Waals surface area contributed by atoms with Crippen LogP contribution in [0, 0.1) is 0 Å². The first-order valence-electron chi connectivity index (χ1n) is 8.76. The molecule has 0 saturated carbocycles. The Hall–Kier alpha value is -2.54. The van der Waals surface area contributed by atoms with Crippen molar-refractivity contribution in [1.29, 1.82) is 0 Å². The summed E-state index contributed by atoms with van der Waals surface area (Å²) in [5.74, 6) is -0.139. The number of aromatic hydroxyl groups is 1. The lowest BCUT2D eigenvalue weighted by Gasteiger charge is -2.26. The molecular weight excluding hydrogens is 401 g/mol. The predicted molar refractivity (Wildman–Crippen MR) is 107 cm³/mol. The number of aromatic nitrogens is 2. The highest BCUT2D eigenvalue weighted by Gasteiger charge is 2.42. The van der Waals surface area contributed by atoms with Gasteiger partial charge in [-0.25, -0.2) is 0 Å². The van der Waals surface area contributed by atoms with E-state index in [0.717, 1.165) is 5.56 Å². The van der Waals surface area contributed by atoms with Gasteiger partial charge in [-0.2, -0.15) is 5.10 Å². The number of hydrogen-bond acceptors (Lipinski definition) is 4. The maximum absolute atomic E-state index is 13.0. The van der Waals surface area contributed by atoms with Gasteiger partial charge in [-0.1, -0.05) is 41.4 Å². The van der Waals surface area contributed by atoms with Gasteiger partial charge in [0, 0.05) is 24.3 Å². The van der Waals surface area contributed by atoms with Gasteiger partial charge in [0.15, 0.2) is 0 Å². The fourth-order valence-electron chi connectivity index (χ4n) is 3.58. The molecule has 28 heavy (non-hydrogen) atoms. The summed E-state index contributed by atoms with van der Waals surface area (Å²) in [5.41, 5.74) is 2.85. The van der Waals surface area contributed by atoms with Gasteiger partial charge in [0.1, 0.15) is 17.1 Å². The highest BCUT2D eigenvalue weighted by Crippen LogP contribution is 2.45. The first-order valence-corrected chi connectivity index (χ1v) is 9.52. The van der Waals surface area contributed by atoms with Gasteiger partial charge >= 0.3 is 0 Å². The average molecular weight is 418 g/mol. The lowest BCUT2D eigenvalue weighted by atomic mass is 9.95. The smallest absolute Gasteiger partial charge is 0.273 e. The Balaban J connectivity index is 1.90. The molecule has 0 spiro atoms. The Morgan fingerprint density at radius 3 is 2.64 bits per heavy atom. The van der Waals surface area contributed by atoms with Crippen molar-refractivity contribution in [3.05, 3.63) is 69.3 Å². The summed E-state index contributed by atoms with van der Waals surface area (Å²) < 4.78 is 0. The largest absolute Gasteiger partial charge is 0.507 e. The van der Waals surface area contributed by atoms with Crippen LogP contribution in [0.5, 0.6) is 5.75 Å². The lowest BCUT2D eigenvalue weighted by molar-refractivity contribution is 0.0732. The Labute approximate surface area is 171 Å². The predicted octanol–water partition coefficient (Wildman–Crippen LogP) is 4.02. The Morgan fingerprint density at radius 1 is 1.14 bits per heavy atom. The summed E-state index contributed by atoms with van der Waals surface area (Å²) >= 11 is 12.3. The van der Waals surface area contributed by atoms with E-state index >= 15 is 0 Å². The average Bonchev–Trinajstić information content (AvgIpc) is 3.22. The molecule has 0 unspecified atom stereocenters. The van der Waals surface area contributed by atoms with Crippen LogP contribution in [0.15, 0.2) is 42.5 Å². The Bertz CT molecular complexity index is 1050. The molecule has 0 saturated heterocycles. The number of para-hydroxylation sites is 1. The first kappa shape index (κ1) is 18.8. The monoisotopic (exact) mass is 417 g/mol. The van der Waals surface area contributed by atoms with Crippen molar-refractivity contribution < 1.29 is 15.0 Å². The van der Waals surface area contributed by atoms with Crippen molar-refractivity contribution in [2.75, 3.05) is 13.2 Å². The van der Waals surface area contributed by atoms with Crippen molar-refractivity contribution in [2.24, 2.45) is 0 Å². The number of fused-ring (bicyclic) bond motifs is 1. The van der Waals surface area contributed by atoms with Gasteiger partial charge in [-0.3, -0.25) is 9.89 Å². The van der Waals surface area contributed by atoms with Gasteiger partial charge in [0.25, 0.3) is 5.91 Å². The Kier molecular flexibility index (Phi) is 5.02. The number of nitrogens with zero attached hydrogens (tertiary/aromatic N) is 2. The standard InChI is InChI=1S/C20H17Cl2N3O3/c21-13-7-6-11(10-14(13)22)19-16-17(12-4-1-2-5-15(12)27)23-24-18(16)20(28)25(19)8-3-9-26/h1-2,4-7,10,19,26-27H,3,8-9H2,(H,23,24)/t19-/m0/s1. The van der Waals surface area contributed by atoms with E-state index in [0.29, 0.717) is 45.5 Å². The van der Waals surface area contributed by atoms with E-state index in [-0.39, 0.29) is 18.3 Å². The van der Waals surface area contributed by atoms with Crippen LogP contribution in [0.3, 0.4) is 0 Å². The quantitative estimate of drug-likeness (QED) is 0.584. The van der Waals surface area contributed by atoms with Crippen LogP contribution in [-0.4, -0.2) is 44.4 Å². The van der Waals surface area contributed by atoms with Crippen LogP contribution in [0.1, 0.15) is 34.1 Å². The molecule has 1 aromatic heterocycles. The number of carbonyl (C=O) groups is 1. The second-order valence-electron chi connectivity index (χ2n) is 6.53. The van der Waals surface area contributed by atoms with E-state index in [1.165, 1.54) is 0 Å². The highest BCUT2D eigenvalue weighted by atomic mass is 35.5. The SMILES string of the molecule is O=C1c2[nH]nc(-c3ccccc3O)c2[C@H](c2ccc(Cl)c(Cl)c2)N1CCCO. The van der Waals surface area contributed by atoms with E-state index < -0.39 is 6.04 Å². The highest BCUT2D eigenvalue weighted by molar-refractivity contribution is 6.42. The number of aromatic amines is 1. The fourth-order valence-corrected chi connectivity index (χ4v) is 3.88. The van der Waals surface area contributed by atoms with Crippen molar-refractivity contribution >= 4 is 29.1 Å². The number of carbonyl (C=O) groups excluding carboxylic acids is 1. The molecule has 6 nitrogen and oxygen atoms in total. The number of phenols is 1. The molecular formula is C20H17Cl2N3O3. The van der Waals surface area contributed by atoms with Crippen LogP contribution in [0.4, 0.5) is 0 Å². The molecule has 0 radical (unpaired) electrons. The molecule has 2 aromatic carbocycles. The third-order valence-electron chi connectivity index (χ3n) is 4.84. The molecule has 1 aliphatic rings. The second kappa shape index (κ2) is 7.47. The van der Waals surface area contributed by atoms with E-state index in [1.807, 2.05) is 6.07 Å². The van der Waals surface area contributed by atoms with Gasteiger partial charge in [0.2, 0.25) is 0 Å². The zero-order chi connectivity index (χ0) is 19.8. The maximum Gasteiger partial charge on any atom is 0.273 e. The molecule has 0 aliphatic carbocycles. The molecule has 0 bridgehead atoms. The first-order chi connectivity index (χ1) is 13.5. The van der Waals surface area contributed by atoms with Crippen molar-refractivity contribution in [2.45, 2.75) is 12.5 Å². The summed E-state index contributed by atoms with van der Waals surface area (Å²) in [6, 6.07) is 11.6. The van der Waals surface area contributed by atoms with E-state index in [2.05, 4.69) is 10.2 Å². The van der Waals surface area contributed by atoms with Crippen LogP contribution in [-0.2, 0) is 0 Å². The van der Waals surface area contributed by atoms with Crippen LogP contribution in [0.25, 0.3) is 11.3 Å². The number of amides is 1. The molecule has 1 aliphatic heterocycles. The van der Waals surface area contributed by atoms with Crippen LogP contribution >= 0.6 is 23.2 Å². The lowest BCUT2D eigenvalue weighted by Crippen LogP contribution is -2.31. The minimum atomic E-state index is -0.461. The maximum atomic E-state index is 13.0. The van der Waals surface area contributed by atoms with Crippen LogP contribution in [0.2, 0.25) is 10.0 Å². The molecule has 3 N–H and O–H groups in total. The number of benzene rings is 2. The molecule has 1 amide bonds. The zero-order valence-electron chi connectivity index (χ0n) is 14.7. The number of nitrogens with one attached hydrogen (secondary N) is 1. The van der Waals surface area contributed by atoms with Gasteiger partial charge in [0.05, 0.1) is 16.1 Å². The Morgan fingerprint density at radius 2 is 1.93 bits per heavy atom. The van der Waals surface area contributed by atoms with Crippen molar-refractivity contribution in [3.8, 4) is 17.0 Å². The molecule has 2 heterocycles. The molecule has 4 rings (SSSR count). The summed E-state index contributed by atoms with van der Waals surface area (Å²) in [5, 5.41) is 27.5. The molecule has 3 aromatic rings. The minimum Gasteiger partial charge on any atom is -0.507 e. The van der Waals surface area contributed by atoms with E-state index in [1.54, 1.807) is 41.3 Å². The third kappa shape index (κ3) is 3.03. The van der Waals surface area contributed by atoms with E-state index in [9.17, 15) is 15.0 Å². The summed E-state index contributed by atoms with van der Waals surface area (Å²) in [6.07, 6.45) is 0.438.